The standard InChI is InChI=1S/C17H6F6O3/c18-16(19,20)8-3-4-9(17(21,22)23)15-12(8)13-10(25-15)5-1-7-2-6-11(24)26-14(7)13/h1-6H. The van der Waals surface area contributed by atoms with Gasteiger partial charge in [-0.05, 0) is 30.3 Å². The van der Waals surface area contributed by atoms with E-state index in [9.17, 15) is 31.1 Å². The van der Waals surface area contributed by atoms with Crippen molar-refractivity contribution < 1.29 is 35.2 Å². The van der Waals surface area contributed by atoms with Crippen LogP contribution in [0.2, 0.25) is 0 Å². The maximum absolute atomic E-state index is 13.4. The normalized spacial score (nSPS) is 13.2. The molecule has 2 aromatic heterocycles. The summed E-state index contributed by atoms with van der Waals surface area (Å²) in [4.78, 5) is 11.5. The minimum Gasteiger partial charge on any atom is -0.455 e. The fourth-order valence-corrected chi connectivity index (χ4v) is 2.94. The van der Waals surface area contributed by atoms with E-state index in [2.05, 4.69) is 0 Å². The van der Waals surface area contributed by atoms with Crippen LogP contribution in [0.15, 0.2) is 50.0 Å². The third kappa shape index (κ3) is 2.34. The summed E-state index contributed by atoms with van der Waals surface area (Å²) in [5.74, 6) is 0. The molecule has 0 saturated heterocycles. The van der Waals surface area contributed by atoms with Crippen molar-refractivity contribution in [2.24, 2.45) is 0 Å². The Hall–Kier alpha value is -2.97. The van der Waals surface area contributed by atoms with Crippen LogP contribution in [-0.2, 0) is 12.4 Å². The molecule has 0 aliphatic rings. The van der Waals surface area contributed by atoms with Crippen LogP contribution >= 0.6 is 0 Å². The molecule has 2 aromatic carbocycles. The summed E-state index contributed by atoms with van der Waals surface area (Å²) in [6, 6.07) is 5.65. The van der Waals surface area contributed by atoms with Crippen molar-refractivity contribution in [1.29, 1.82) is 0 Å². The van der Waals surface area contributed by atoms with E-state index >= 15 is 0 Å². The lowest BCUT2D eigenvalue weighted by Crippen LogP contribution is -2.10. The van der Waals surface area contributed by atoms with E-state index in [1.165, 1.54) is 18.2 Å². The lowest BCUT2D eigenvalue weighted by molar-refractivity contribution is -0.139. The highest BCUT2D eigenvalue weighted by molar-refractivity contribution is 6.18. The molecule has 0 saturated carbocycles. The van der Waals surface area contributed by atoms with Crippen molar-refractivity contribution in [3.8, 4) is 0 Å². The third-order valence-corrected chi connectivity index (χ3v) is 3.98. The molecule has 0 spiro atoms. The molecule has 2 heterocycles. The molecule has 3 nitrogen and oxygen atoms in total. The molecule has 0 aliphatic heterocycles. The summed E-state index contributed by atoms with van der Waals surface area (Å²) in [6.07, 6.45) is -9.86. The number of alkyl halides is 6. The predicted molar refractivity (Wildman–Crippen MR) is 79.8 cm³/mol. The van der Waals surface area contributed by atoms with Gasteiger partial charge in [0, 0.05) is 16.8 Å². The number of hydrogen-bond acceptors (Lipinski definition) is 3. The fraction of sp³-hybridized carbons (Fsp3) is 0.118. The summed E-state index contributed by atoms with van der Waals surface area (Å²) in [5.41, 5.74) is -4.97. The van der Waals surface area contributed by atoms with Gasteiger partial charge in [0.1, 0.15) is 16.7 Å². The largest absolute Gasteiger partial charge is 0.455 e. The Morgan fingerprint density at radius 2 is 1.27 bits per heavy atom. The van der Waals surface area contributed by atoms with Gasteiger partial charge in [-0.3, -0.25) is 0 Å². The first-order valence-corrected chi connectivity index (χ1v) is 7.14. The molecule has 9 heteroatoms. The summed E-state index contributed by atoms with van der Waals surface area (Å²) in [5, 5.41) is -0.860. The van der Waals surface area contributed by atoms with Gasteiger partial charge in [-0.15, -0.1) is 0 Å². The lowest BCUT2D eigenvalue weighted by atomic mass is 10.0. The minimum atomic E-state index is -4.93. The molecule has 0 aliphatic carbocycles. The highest BCUT2D eigenvalue weighted by Gasteiger charge is 2.40. The second-order valence-electron chi connectivity index (χ2n) is 5.57. The van der Waals surface area contributed by atoms with Crippen molar-refractivity contribution in [3.05, 3.63) is 57.9 Å². The van der Waals surface area contributed by atoms with E-state index in [1.54, 1.807) is 0 Å². The molecule has 0 N–H and O–H groups in total. The van der Waals surface area contributed by atoms with Gasteiger partial charge in [-0.1, -0.05) is 0 Å². The maximum Gasteiger partial charge on any atom is 0.420 e. The Morgan fingerprint density at radius 3 is 1.92 bits per heavy atom. The fourth-order valence-electron chi connectivity index (χ4n) is 2.94. The van der Waals surface area contributed by atoms with E-state index in [0.29, 0.717) is 12.1 Å². The molecule has 0 amide bonds. The van der Waals surface area contributed by atoms with Crippen LogP contribution in [0.1, 0.15) is 11.1 Å². The zero-order chi connectivity index (χ0) is 18.9. The molecule has 0 bridgehead atoms. The number of fused-ring (bicyclic) bond motifs is 5. The monoisotopic (exact) mass is 372 g/mol. The smallest absolute Gasteiger partial charge is 0.420 e. The molecular formula is C17H6F6O3. The van der Waals surface area contributed by atoms with Crippen molar-refractivity contribution >= 4 is 32.9 Å². The predicted octanol–water partition coefficient (Wildman–Crippen LogP) is 5.73. The van der Waals surface area contributed by atoms with Crippen molar-refractivity contribution in [1.82, 2.24) is 0 Å². The van der Waals surface area contributed by atoms with Crippen LogP contribution in [0.5, 0.6) is 0 Å². The molecular weight excluding hydrogens is 366 g/mol. The van der Waals surface area contributed by atoms with Gasteiger partial charge in [0.2, 0.25) is 0 Å². The van der Waals surface area contributed by atoms with Gasteiger partial charge in [-0.2, -0.15) is 26.3 Å². The van der Waals surface area contributed by atoms with Crippen molar-refractivity contribution in [2.75, 3.05) is 0 Å². The van der Waals surface area contributed by atoms with Crippen LogP contribution in [0.4, 0.5) is 26.3 Å². The third-order valence-electron chi connectivity index (χ3n) is 3.98. The number of benzene rings is 2. The molecule has 0 radical (unpaired) electrons. The average Bonchev–Trinajstić information content (AvgIpc) is 2.91. The van der Waals surface area contributed by atoms with Gasteiger partial charge >= 0.3 is 18.0 Å². The molecule has 0 unspecified atom stereocenters. The summed E-state index contributed by atoms with van der Waals surface area (Å²) < 4.78 is 90.0. The quantitative estimate of drug-likeness (QED) is 0.292. The van der Waals surface area contributed by atoms with Crippen LogP contribution in [0.25, 0.3) is 32.9 Å². The topological polar surface area (TPSA) is 43.4 Å². The van der Waals surface area contributed by atoms with Crippen LogP contribution in [0.3, 0.4) is 0 Å². The summed E-state index contributed by atoms with van der Waals surface area (Å²) >= 11 is 0. The van der Waals surface area contributed by atoms with Crippen LogP contribution in [-0.4, -0.2) is 0 Å². The highest BCUT2D eigenvalue weighted by Crippen LogP contribution is 2.46. The van der Waals surface area contributed by atoms with E-state index in [1.807, 2.05) is 0 Å². The van der Waals surface area contributed by atoms with Gasteiger partial charge in [0.15, 0.2) is 0 Å². The molecule has 4 rings (SSSR count). The maximum atomic E-state index is 13.4. The number of rotatable bonds is 0. The molecule has 26 heavy (non-hydrogen) atoms. The average molecular weight is 372 g/mol. The molecule has 4 aromatic rings. The molecule has 0 fully saturated rings. The Bertz CT molecular complexity index is 1230. The zero-order valence-electron chi connectivity index (χ0n) is 12.5. The molecule has 134 valence electrons. The molecule has 0 atom stereocenters. The minimum absolute atomic E-state index is 0.246. The van der Waals surface area contributed by atoms with Crippen molar-refractivity contribution in [3.63, 3.8) is 0 Å². The van der Waals surface area contributed by atoms with E-state index in [-0.39, 0.29) is 21.9 Å². The Kier molecular flexibility index (Phi) is 3.19. The lowest BCUT2D eigenvalue weighted by Gasteiger charge is -2.12. The Labute approximate surface area is 139 Å². The van der Waals surface area contributed by atoms with E-state index in [0.717, 1.165) is 6.07 Å². The van der Waals surface area contributed by atoms with Gasteiger partial charge in [0.05, 0.1) is 16.5 Å². The zero-order valence-corrected chi connectivity index (χ0v) is 12.5. The second kappa shape index (κ2) is 5.03. The van der Waals surface area contributed by atoms with E-state index in [4.69, 9.17) is 8.83 Å². The van der Waals surface area contributed by atoms with E-state index < -0.39 is 40.1 Å². The Morgan fingerprint density at radius 1 is 0.654 bits per heavy atom. The summed E-state index contributed by atoms with van der Waals surface area (Å²) in [6.45, 7) is 0. The van der Waals surface area contributed by atoms with Crippen LogP contribution in [0, 0.1) is 0 Å². The summed E-state index contributed by atoms with van der Waals surface area (Å²) in [7, 11) is 0. The Balaban J connectivity index is 2.33. The first kappa shape index (κ1) is 16.5. The number of halogens is 6. The number of hydrogen-bond donors (Lipinski definition) is 0. The van der Waals surface area contributed by atoms with Gasteiger partial charge in [-0.25, -0.2) is 4.79 Å². The van der Waals surface area contributed by atoms with Gasteiger partial charge in [0.25, 0.3) is 0 Å². The first-order valence-electron chi connectivity index (χ1n) is 7.14. The van der Waals surface area contributed by atoms with Crippen LogP contribution < -0.4 is 5.63 Å². The number of furan rings is 1. The highest BCUT2D eigenvalue weighted by atomic mass is 19.4. The van der Waals surface area contributed by atoms with Crippen molar-refractivity contribution in [2.45, 2.75) is 12.4 Å². The van der Waals surface area contributed by atoms with Gasteiger partial charge < -0.3 is 8.83 Å². The first-order chi connectivity index (χ1) is 12.1. The second-order valence-corrected chi connectivity index (χ2v) is 5.57. The SMILES string of the molecule is O=c1ccc2ccc3oc4c(C(F)(F)F)ccc(C(F)(F)F)c4c3c2o1.